The Labute approximate surface area is 260 Å². The van der Waals surface area contributed by atoms with E-state index < -0.39 is 17.7 Å². The van der Waals surface area contributed by atoms with E-state index in [-0.39, 0.29) is 11.3 Å². The maximum Gasteiger partial charge on any atom is 0.301 e. The molecule has 44 heavy (non-hydrogen) atoms. The molecular formula is C36H32N2O5S. The maximum absolute atomic E-state index is 13.8. The second-order valence-corrected chi connectivity index (χ2v) is 11.8. The molecule has 2 heterocycles. The third kappa shape index (κ3) is 5.68. The number of benzene rings is 4. The van der Waals surface area contributed by atoms with E-state index in [1.807, 2.05) is 87.5 Å². The molecule has 1 saturated heterocycles. The molecule has 0 spiro atoms. The molecule has 222 valence electrons. The van der Waals surface area contributed by atoms with Gasteiger partial charge in [-0.05, 0) is 85.0 Å². The number of aliphatic hydroxyl groups excluding tert-OH is 1. The van der Waals surface area contributed by atoms with Gasteiger partial charge in [0.1, 0.15) is 23.9 Å². The van der Waals surface area contributed by atoms with E-state index in [0.29, 0.717) is 41.0 Å². The van der Waals surface area contributed by atoms with Gasteiger partial charge in [0.2, 0.25) is 0 Å². The van der Waals surface area contributed by atoms with Crippen LogP contribution in [0.1, 0.15) is 47.2 Å². The van der Waals surface area contributed by atoms with Crippen molar-refractivity contribution < 1.29 is 24.2 Å². The molecule has 4 aromatic carbocycles. The van der Waals surface area contributed by atoms with Gasteiger partial charge in [-0.2, -0.15) is 0 Å². The van der Waals surface area contributed by atoms with Gasteiger partial charge < -0.3 is 14.6 Å². The Hall–Kier alpha value is -4.95. The van der Waals surface area contributed by atoms with Crippen LogP contribution >= 0.6 is 11.3 Å². The zero-order valence-corrected chi connectivity index (χ0v) is 25.6. The largest absolute Gasteiger partial charge is 0.507 e. The highest BCUT2D eigenvalue weighted by Crippen LogP contribution is 2.45. The number of aliphatic hydroxyl groups is 1. The van der Waals surface area contributed by atoms with Gasteiger partial charge in [0.15, 0.2) is 5.13 Å². The lowest BCUT2D eigenvalue weighted by atomic mass is 9.95. The summed E-state index contributed by atoms with van der Waals surface area (Å²) in [6.07, 6.45) is 0.865. The Morgan fingerprint density at radius 3 is 2.43 bits per heavy atom. The van der Waals surface area contributed by atoms with E-state index >= 15 is 0 Å². The molecule has 0 radical (unpaired) electrons. The van der Waals surface area contributed by atoms with E-state index in [1.54, 1.807) is 24.3 Å². The van der Waals surface area contributed by atoms with Gasteiger partial charge in [-0.1, -0.05) is 66.8 Å². The summed E-state index contributed by atoms with van der Waals surface area (Å²) in [7, 11) is 0. The fourth-order valence-corrected chi connectivity index (χ4v) is 6.58. The SMILES string of the molecule is CCCOc1ccc(C(O)=C2C(=O)C(=O)N(c3nc4c(C)cc(C)cc4s3)C2c2cccc(OCc3ccccc3)c2)cc1. The van der Waals surface area contributed by atoms with Crippen molar-refractivity contribution >= 4 is 44.1 Å². The summed E-state index contributed by atoms with van der Waals surface area (Å²) >= 11 is 1.35. The van der Waals surface area contributed by atoms with Crippen molar-refractivity contribution in [2.24, 2.45) is 0 Å². The molecular weight excluding hydrogens is 572 g/mol. The minimum atomic E-state index is -0.923. The molecule has 6 rings (SSSR count). The van der Waals surface area contributed by atoms with Gasteiger partial charge in [-0.25, -0.2) is 4.98 Å². The van der Waals surface area contributed by atoms with Crippen LogP contribution in [0.4, 0.5) is 5.13 Å². The Morgan fingerprint density at radius 1 is 0.909 bits per heavy atom. The summed E-state index contributed by atoms with van der Waals surface area (Å²) in [6.45, 7) is 6.94. The third-order valence-electron chi connectivity index (χ3n) is 7.49. The van der Waals surface area contributed by atoms with Crippen molar-refractivity contribution in [3.05, 3.63) is 124 Å². The van der Waals surface area contributed by atoms with Crippen molar-refractivity contribution in [3.8, 4) is 11.5 Å². The van der Waals surface area contributed by atoms with Gasteiger partial charge in [0, 0.05) is 5.56 Å². The Bertz CT molecular complexity index is 1880. The molecule has 8 heteroatoms. The number of fused-ring (bicyclic) bond motifs is 1. The van der Waals surface area contributed by atoms with Gasteiger partial charge in [0.05, 0.1) is 28.4 Å². The van der Waals surface area contributed by atoms with Crippen molar-refractivity contribution in [1.82, 2.24) is 4.98 Å². The summed E-state index contributed by atoms with van der Waals surface area (Å²) < 4.78 is 12.7. The van der Waals surface area contributed by atoms with Crippen LogP contribution in [0.15, 0.2) is 96.6 Å². The normalized spacial score (nSPS) is 16.1. The number of carbonyl (C=O) groups excluding carboxylic acids is 2. The van der Waals surface area contributed by atoms with Crippen LogP contribution in [0.3, 0.4) is 0 Å². The quantitative estimate of drug-likeness (QED) is 0.105. The molecule has 1 amide bonds. The maximum atomic E-state index is 13.8. The highest BCUT2D eigenvalue weighted by molar-refractivity contribution is 7.22. The first-order valence-electron chi connectivity index (χ1n) is 14.5. The summed E-state index contributed by atoms with van der Waals surface area (Å²) in [5.74, 6) is -0.555. The number of aryl methyl sites for hydroxylation is 2. The Kier molecular flexibility index (Phi) is 8.17. The van der Waals surface area contributed by atoms with Gasteiger partial charge >= 0.3 is 5.91 Å². The monoisotopic (exact) mass is 604 g/mol. The van der Waals surface area contributed by atoms with Crippen LogP contribution < -0.4 is 14.4 Å². The summed E-state index contributed by atoms with van der Waals surface area (Å²) in [4.78, 5) is 33.7. The number of hydrogen-bond acceptors (Lipinski definition) is 7. The number of Topliss-reactive ketones (excluding diaryl/α,β-unsaturated/α-hetero) is 1. The average Bonchev–Trinajstić information content (AvgIpc) is 3.57. The minimum Gasteiger partial charge on any atom is -0.507 e. The average molecular weight is 605 g/mol. The second-order valence-electron chi connectivity index (χ2n) is 10.8. The third-order valence-corrected chi connectivity index (χ3v) is 8.49. The minimum absolute atomic E-state index is 0.00963. The van der Waals surface area contributed by atoms with Gasteiger partial charge in [-0.3, -0.25) is 14.5 Å². The van der Waals surface area contributed by atoms with E-state index in [9.17, 15) is 14.7 Å². The standard InChI is InChI=1S/C36H32N2O5S/c1-4-17-42-27-15-13-25(14-16-27)33(39)30-32(26-11-8-12-28(20-26)43-21-24-9-6-5-7-10-24)38(35(41)34(30)40)36-37-31-23(3)18-22(2)19-29(31)44-36/h5-16,18-20,32,39H,4,17,21H2,1-3H3. The number of carbonyl (C=O) groups is 2. The molecule has 0 saturated carbocycles. The first kappa shape index (κ1) is 29.1. The van der Waals surface area contributed by atoms with E-state index in [2.05, 4.69) is 0 Å². The van der Waals surface area contributed by atoms with Crippen LogP contribution in [0.25, 0.3) is 16.0 Å². The summed E-state index contributed by atoms with van der Waals surface area (Å²) in [5.41, 5.74) is 4.87. The van der Waals surface area contributed by atoms with E-state index in [0.717, 1.165) is 33.3 Å². The van der Waals surface area contributed by atoms with Crippen LogP contribution in [-0.2, 0) is 16.2 Å². The first-order valence-corrected chi connectivity index (χ1v) is 15.3. The van der Waals surface area contributed by atoms with Crippen molar-refractivity contribution in [3.63, 3.8) is 0 Å². The van der Waals surface area contributed by atoms with E-state index in [1.165, 1.54) is 16.2 Å². The molecule has 1 atom stereocenters. The summed E-state index contributed by atoms with van der Waals surface area (Å²) in [5, 5.41) is 12.0. The van der Waals surface area contributed by atoms with Crippen LogP contribution in [0, 0.1) is 13.8 Å². The number of thiazole rings is 1. The zero-order chi connectivity index (χ0) is 30.8. The number of aromatic nitrogens is 1. The Morgan fingerprint density at radius 2 is 1.68 bits per heavy atom. The molecule has 1 aromatic heterocycles. The lowest BCUT2D eigenvalue weighted by Gasteiger charge is -2.23. The smallest absolute Gasteiger partial charge is 0.301 e. The first-order chi connectivity index (χ1) is 21.3. The number of anilines is 1. The van der Waals surface area contributed by atoms with Gasteiger partial charge in [0.25, 0.3) is 5.78 Å². The molecule has 1 aliphatic heterocycles. The molecule has 1 unspecified atom stereocenters. The molecule has 0 bridgehead atoms. The number of amides is 1. The van der Waals surface area contributed by atoms with Gasteiger partial charge in [-0.15, -0.1) is 0 Å². The number of rotatable bonds is 9. The molecule has 1 N–H and O–H groups in total. The van der Waals surface area contributed by atoms with Crippen LogP contribution in [0.2, 0.25) is 0 Å². The number of ketones is 1. The van der Waals surface area contributed by atoms with Crippen molar-refractivity contribution in [2.75, 3.05) is 11.5 Å². The molecule has 7 nitrogen and oxygen atoms in total. The Balaban J connectivity index is 1.45. The number of nitrogens with zero attached hydrogens (tertiary/aromatic N) is 2. The highest BCUT2D eigenvalue weighted by atomic mass is 32.1. The predicted molar refractivity (Wildman–Crippen MR) is 173 cm³/mol. The molecule has 5 aromatic rings. The highest BCUT2D eigenvalue weighted by Gasteiger charge is 2.48. The number of ether oxygens (including phenoxy) is 2. The van der Waals surface area contributed by atoms with Crippen LogP contribution in [0.5, 0.6) is 11.5 Å². The fourth-order valence-electron chi connectivity index (χ4n) is 5.41. The lowest BCUT2D eigenvalue weighted by Crippen LogP contribution is -2.29. The summed E-state index contributed by atoms with van der Waals surface area (Å²) in [6, 6.07) is 27.1. The zero-order valence-electron chi connectivity index (χ0n) is 24.7. The second kappa shape index (κ2) is 12.3. The van der Waals surface area contributed by atoms with Crippen LogP contribution in [-0.4, -0.2) is 28.4 Å². The lowest BCUT2D eigenvalue weighted by molar-refractivity contribution is -0.132. The predicted octanol–water partition coefficient (Wildman–Crippen LogP) is 7.91. The van der Waals surface area contributed by atoms with E-state index in [4.69, 9.17) is 14.5 Å². The van der Waals surface area contributed by atoms with Crippen molar-refractivity contribution in [2.45, 2.75) is 39.8 Å². The molecule has 1 aliphatic rings. The topological polar surface area (TPSA) is 89.0 Å². The number of hydrogen-bond donors (Lipinski definition) is 1. The fraction of sp³-hybridized carbons (Fsp3) is 0.194. The van der Waals surface area contributed by atoms with Crippen molar-refractivity contribution in [1.29, 1.82) is 0 Å². The molecule has 0 aliphatic carbocycles. The molecule has 1 fully saturated rings.